The molecular weight excluding hydrogens is 332 g/mol. The average molecular weight is 348 g/mol. The number of rotatable bonds is 4. The van der Waals surface area contributed by atoms with Gasteiger partial charge in [-0.1, -0.05) is 36.4 Å². The molecule has 0 unspecified atom stereocenters. The Morgan fingerprint density at radius 1 is 1.16 bits per heavy atom. The van der Waals surface area contributed by atoms with Gasteiger partial charge < -0.3 is 4.90 Å². The van der Waals surface area contributed by atoms with Gasteiger partial charge in [0.2, 0.25) is 0 Å². The highest BCUT2D eigenvalue weighted by Gasteiger charge is 2.14. The molecule has 4 aromatic rings. The molecule has 1 amide bonds. The van der Waals surface area contributed by atoms with Crippen LogP contribution in [0.2, 0.25) is 0 Å². The Morgan fingerprint density at radius 3 is 2.76 bits per heavy atom. The predicted molar refractivity (Wildman–Crippen MR) is 98.5 cm³/mol. The number of aromatic nitrogens is 3. The fourth-order valence-electron chi connectivity index (χ4n) is 2.67. The van der Waals surface area contributed by atoms with Crippen LogP contribution < -0.4 is 0 Å². The monoisotopic (exact) mass is 348 g/mol. The first-order valence-electron chi connectivity index (χ1n) is 7.90. The summed E-state index contributed by atoms with van der Waals surface area (Å²) >= 11 is 1.59. The lowest BCUT2D eigenvalue weighted by Gasteiger charge is -2.17. The molecule has 25 heavy (non-hydrogen) atoms. The van der Waals surface area contributed by atoms with Crippen molar-refractivity contribution >= 4 is 22.9 Å². The zero-order chi connectivity index (χ0) is 17.2. The van der Waals surface area contributed by atoms with Crippen LogP contribution in [0.15, 0.2) is 66.2 Å². The van der Waals surface area contributed by atoms with Crippen LogP contribution in [0.4, 0.5) is 0 Å². The fraction of sp³-hybridized carbons (Fsp3) is 0.105. The van der Waals surface area contributed by atoms with E-state index < -0.39 is 0 Å². The number of hydrogen-bond acceptors (Lipinski definition) is 4. The summed E-state index contributed by atoms with van der Waals surface area (Å²) < 4.78 is 1.70. The number of nitrogens with zero attached hydrogens (tertiary/aromatic N) is 4. The summed E-state index contributed by atoms with van der Waals surface area (Å²) in [5.41, 5.74) is 2.38. The number of benzene rings is 1. The van der Waals surface area contributed by atoms with E-state index in [1.165, 1.54) is 0 Å². The first-order chi connectivity index (χ1) is 12.2. The van der Waals surface area contributed by atoms with Gasteiger partial charge >= 0.3 is 0 Å². The van der Waals surface area contributed by atoms with Crippen molar-refractivity contribution in [3.05, 3.63) is 77.3 Å². The zero-order valence-corrected chi connectivity index (χ0v) is 14.5. The molecule has 0 bridgehead atoms. The highest BCUT2D eigenvalue weighted by Crippen LogP contribution is 2.22. The Kier molecular flexibility index (Phi) is 4.03. The summed E-state index contributed by atoms with van der Waals surface area (Å²) in [5.74, 6) is 0.643. The maximum atomic E-state index is 12.7. The van der Waals surface area contributed by atoms with Gasteiger partial charge in [0.15, 0.2) is 11.5 Å². The molecule has 3 heterocycles. The maximum Gasteiger partial charge on any atom is 0.254 e. The van der Waals surface area contributed by atoms with Crippen molar-refractivity contribution in [3.63, 3.8) is 0 Å². The number of pyridine rings is 1. The lowest BCUT2D eigenvalue weighted by Crippen LogP contribution is -2.26. The third-order valence-corrected chi connectivity index (χ3v) is 4.80. The number of fused-ring (bicyclic) bond motifs is 1. The van der Waals surface area contributed by atoms with Crippen molar-refractivity contribution in [2.75, 3.05) is 7.05 Å². The lowest BCUT2D eigenvalue weighted by atomic mass is 10.2. The second kappa shape index (κ2) is 6.49. The predicted octanol–water partition coefficient (Wildman–Crippen LogP) is 3.73. The van der Waals surface area contributed by atoms with Crippen LogP contribution in [0.3, 0.4) is 0 Å². The number of carbonyl (C=O) groups is 1. The molecule has 124 valence electrons. The summed E-state index contributed by atoms with van der Waals surface area (Å²) in [5, 5.41) is 6.45. The van der Waals surface area contributed by atoms with Crippen molar-refractivity contribution in [2.24, 2.45) is 0 Å². The molecule has 4 rings (SSSR count). The largest absolute Gasteiger partial charge is 0.337 e. The Morgan fingerprint density at radius 2 is 2.00 bits per heavy atom. The van der Waals surface area contributed by atoms with Crippen molar-refractivity contribution in [3.8, 4) is 10.7 Å². The first-order valence-corrected chi connectivity index (χ1v) is 8.78. The van der Waals surface area contributed by atoms with E-state index in [4.69, 9.17) is 0 Å². The average Bonchev–Trinajstić information content (AvgIpc) is 3.30. The molecule has 6 heteroatoms. The minimum atomic E-state index is -0.0352. The van der Waals surface area contributed by atoms with Crippen molar-refractivity contribution in [2.45, 2.75) is 6.54 Å². The van der Waals surface area contributed by atoms with Crippen molar-refractivity contribution in [1.82, 2.24) is 19.5 Å². The second-order valence-corrected chi connectivity index (χ2v) is 6.73. The van der Waals surface area contributed by atoms with Crippen LogP contribution in [-0.2, 0) is 6.54 Å². The third-order valence-electron chi connectivity index (χ3n) is 3.94. The number of hydrogen-bond donors (Lipinski definition) is 0. The van der Waals surface area contributed by atoms with Gasteiger partial charge in [-0.2, -0.15) is 0 Å². The Labute approximate surface area is 149 Å². The van der Waals surface area contributed by atoms with Gasteiger partial charge in [0.25, 0.3) is 5.91 Å². The third kappa shape index (κ3) is 3.16. The van der Waals surface area contributed by atoms with Crippen molar-refractivity contribution < 1.29 is 4.79 Å². The van der Waals surface area contributed by atoms with Gasteiger partial charge in [-0.15, -0.1) is 16.4 Å². The molecule has 0 radical (unpaired) electrons. The zero-order valence-electron chi connectivity index (χ0n) is 13.7. The summed E-state index contributed by atoms with van der Waals surface area (Å²) in [6.07, 6.45) is 1.78. The van der Waals surface area contributed by atoms with Crippen LogP contribution in [-0.4, -0.2) is 32.5 Å². The summed E-state index contributed by atoms with van der Waals surface area (Å²) in [6.45, 7) is 0.567. The molecule has 0 N–H and O–H groups in total. The molecule has 1 aromatic carbocycles. The number of carbonyl (C=O) groups excluding carboxylic acids is 1. The van der Waals surface area contributed by atoms with E-state index in [2.05, 4.69) is 10.1 Å². The van der Waals surface area contributed by atoms with Crippen LogP contribution in [0, 0.1) is 0 Å². The van der Waals surface area contributed by atoms with E-state index in [9.17, 15) is 4.79 Å². The van der Waals surface area contributed by atoms with E-state index in [0.29, 0.717) is 23.6 Å². The topological polar surface area (TPSA) is 50.5 Å². The smallest absolute Gasteiger partial charge is 0.254 e. The number of thiophene rings is 1. The molecule has 0 saturated heterocycles. The van der Waals surface area contributed by atoms with E-state index in [1.54, 1.807) is 46.1 Å². The van der Waals surface area contributed by atoms with Gasteiger partial charge in [0.05, 0.1) is 4.88 Å². The normalized spacial score (nSPS) is 10.9. The Balaban J connectivity index is 1.59. The Bertz CT molecular complexity index is 1010. The van der Waals surface area contributed by atoms with Crippen LogP contribution in [0.25, 0.3) is 16.3 Å². The molecule has 0 aliphatic rings. The van der Waals surface area contributed by atoms with E-state index in [0.717, 1.165) is 10.4 Å². The molecular formula is C19H16N4OS. The summed E-state index contributed by atoms with van der Waals surface area (Å²) in [7, 11) is 1.81. The molecule has 5 nitrogen and oxygen atoms in total. The maximum absolute atomic E-state index is 12.7. The van der Waals surface area contributed by atoms with E-state index in [-0.39, 0.29) is 5.91 Å². The first kappa shape index (κ1) is 15.5. The quantitative estimate of drug-likeness (QED) is 0.565. The number of amides is 1. The molecule has 0 saturated carbocycles. The van der Waals surface area contributed by atoms with E-state index in [1.807, 2.05) is 47.8 Å². The summed E-state index contributed by atoms with van der Waals surface area (Å²) in [4.78, 5) is 19.9. The minimum absolute atomic E-state index is 0.0352. The van der Waals surface area contributed by atoms with E-state index >= 15 is 0 Å². The minimum Gasteiger partial charge on any atom is -0.337 e. The molecule has 3 aromatic heterocycles. The fourth-order valence-corrected chi connectivity index (χ4v) is 3.33. The van der Waals surface area contributed by atoms with Gasteiger partial charge in [-0.05, 0) is 29.1 Å². The van der Waals surface area contributed by atoms with Gasteiger partial charge in [-0.25, -0.2) is 9.50 Å². The van der Waals surface area contributed by atoms with Gasteiger partial charge in [-0.3, -0.25) is 4.79 Å². The SMILES string of the molecule is CN(Cc1ccccc1)C(=O)c1ccn2nc(-c3cccs3)nc2c1. The molecule has 0 aliphatic heterocycles. The summed E-state index contributed by atoms with van der Waals surface area (Å²) in [6, 6.07) is 17.5. The molecule has 0 aliphatic carbocycles. The second-order valence-electron chi connectivity index (χ2n) is 5.78. The molecule has 0 spiro atoms. The van der Waals surface area contributed by atoms with Gasteiger partial charge in [0.1, 0.15) is 0 Å². The van der Waals surface area contributed by atoms with Crippen LogP contribution >= 0.6 is 11.3 Å². The highest BCUT2D eigenvalue weighted by molar-refractivity contribution is 7.13. The molecule has 0 atom stereocenters. The van der Waals surface area contributed by atoms with Crippen molar-refractivity contribution in [1.29, 1.82) is 0 Å². The van der Waals surface area contributed by atoms with Crippen LogP contribution in [0.5, 0.6) is 0 Å². The lowest BCUT2D eigenvalue weighted by molar-refractivity contribution is 0.0785. The Hall–Kier alpha value is -2.99. The van der Waals surface area contributed by atoms with Crippen LogP contribution in [0.1, 0.15) is 15.9 Å². The highest BCUT2D eigenvalue weighted by atomic mass is 32.1. The van der Waals surface area contributed by atoms with Gasteiger partial charge in [0, 0.05) is 25.4 Å². The molecule has 0 fully saturated rings. The standard InChI is InChI=1S/C19H16N4OS/c1-22(13-14-6-3-2-4-7-14)19(24)15-9-10-23-17(12-15)20-18(21-23)16-8-5-11-25-16/h2-12H,13H2,1H3.